The molecule has 1 saturated carbocycles. The summed E-state index contributed by atoms with van der Waals surface area (Å²) in [6, 6.07) is 0. The first-order valence-electron chi connectivity index (χ1n) is 10.2. The van der Waals surface area contributed by atoms with E-state index in [0.717, 1.165) is 44.9 Å². The predicted molar refractivity (Wildman–Crippen MR) is 106 cm³/mol. The van der Waals surface area contributed by atoms with E-state index in [2.05, 4.69) is 32.9 Å². The van der Waals surface area contributed by atoms with E-state index in [4.69, 9.17) is 5.11 Å². The highest BCUT2D eigenvalue weighted by Crippen LogP contribution is 2.37. The molecule has 0 bridgehead atoms. The predicted octanol–water partition coefficient (Wildman–Crippen LogP) is 4.71. The summed E-state index contributed by atoms with van der Waals surface area (Å²) in [6.45, 7) is 6.38. The molecule has 3 N–H and O–H groups in total. The highest BCUT2D eigenvalue weighted by atomic mass is 16.4. The summed E-state index contributed by atoms with van der Waals surface area (Å²) in [6.07, 6.45) is 14.8. The standard InChI is InChI=1S/C22H38O4/c1-4-5-16-22(2,3)20(24)15-13-17-12-14-19(23)18(17)10-8-6-7-9-11-21(25)26/h6,8,13,15,17-20,23-24H,4-5,7,9-12,14,16H2,1-3H3,(H,25,26)/b8-6-,15-13+. The quantitative estimate of drug-likeness (QED) is 0.345. The fourth-order valence-corrected chi connectivity index (χ4v) is 3.68. The average Bonchev–Trinajstić information content (AvgIpc) is 2.93. The normalized spacial score (nSPS) is 25.3. The van der Waals surface area contributed by atoms with E-state index in [0.29, 0.717) is 12.3 Å². The molecule has 26 heavy (non-hydrogen) atoms. The van der Waals surface area contributed by atoms with E-state index in [1.165, 1.54) is 0 Å². The van der Waals surface area contributed by atoms with Gasteiger partial charge in [0.05, 0.1) is 12.2 Å². The van der Waals surface area contributed by atoms with Crippen molar-refractivity contribution in [3.8, 4) is 0 Å². The summed E-state index contributed by atoms with van der Waals surface area (Å²) < 4.78 is 0. The third kappa shape index (κ3) is 8.05. The number of aliphatic carboxylic acids is 1. The van der Waals surface area contributed by atoms with E-state index in [9.17, 15) is 15.0 Å². The fraction of sp³-hybridized carbons (Fsp3) is 0.773. The second kappa shape index (κ2) is 11.6. The van der Waals surface area contributed by atoms with Crippen LogP contribution in [0.15, 0.2) is 24.3 Å². The molecule has 150 valence electrons. The molecular weight excluding hydrogens is 328 g/mol. The molecule has 4 nitrogen and oxygen atoms in total. The molecule has 0 heterocycles. The van der Waals surface area contributed by atoms with Gasteiger partial charge in [-0.1, -0.05) is 57.9 Å². The van der Waals surface area contributed by atoms with Gasteiger partial charge in [-0.15, -0.1) is 0 Å². The van der Waals surface area contributed by atoms with E-state index in [-0.39, 0.29) is 23.9 Å². The van der Waals surface area contributed by atoms with Crippen LogP contribution in [0, 0.1) is 17.3 Å². The van der Waals surface area contributed by atoms with Crippen LogP contribution in [0.25, 0.3) is 0 Å². The van der Waals surface area contributed by atoms with Gasteiger partial charge < -0.3 is 15.3 Å². The van der Waals surface area contributed by atoms with Crippen LogP contribution < -0.4 is 0 Å². The molecular formula is C22H38O4. The molecule has 0 amide bonds. The van der Waals surface area contributed by atoms with Gasteiger partial charge in [-0.3, -0.25) is 4.79 Å². The Morgan fingerprint density at radius 2 is 1.96 bits per heavy atom. The Bertz CT molecular complexity index is 467. The van der Waals surface area contributed by atoms with Gasteiger partial charge in [-0.2, -0.15) is 0 Å². The number of carbonyl (C=O) groups is 1. The molecule has 0 aliphatic heterocycles. The van der Waals surface area contributed by atoms with Crippen LogP contribution in [-0.4, -0.2) is 33.5 Å². The number of hydrogen-bond acceptors (Lipinski definition) is 3. The fourth-order valence-electron chi connectivity index (χ4n) is 3.68. The first-order chi connectivity index (χ1) is 12.3. The lowest BCUT2D eigenvalue weighted by Crippen LogP contribution is -2.27. The van der Waals surface area contributed by atoms with Gasteiger partial charge in [0.25, 0.3) is 0 Å². The third-order valence-electron chi connectivity index (χ3n) is 5.69. The number of carboxylic acid groups (broad SMARTS) is 1. The lowest BCUT2D eigenvalue weighted by molar-refractivity contribution is -0.137. The van der Waals surface area contributed by atoms with Gasteiger partial charge in [-0.05, 0) is 55.8 Å². The number of hydrogen-bond donors (Lipinski definition) is 3. The molecule has 1 aliphatic rings. The maximum atomic E-state index is 10.5. The summed E-state index contributed by atoms with van der Waals surface area (Å²) in [7, 11) is 0. The first-order valence-corrected chi connectivity index (χ1v) is 10.2. The molecule has 0 spiro atoms. The number of aliphatic hydroxyl groups excluding tert-OH is 2. The summed E-state index contributed by atoms with van der Waals surface area (Å²) in [5.41, 5.74) is -0.122. The molecule has 4 unspecified atom stereocenters. The molecule has 0 aromatic heterocycles. The van der Waals surface area contributed by atoms with Crippen molar-refractivity contribution >= 4 is 5.97 Å². The Morgan fingerprint density at radius 3 is 2.62 bits per heavy atom. The number of carboxylic acids is 1. The number of aliphatic hydroxyl groups is 2. The highest BCUT2D eigenvalue weighted by Gasteiger charge is 2.33. The van der Waals surface area contributed by atoms with E-state index in [1.54, 1.807) is 0 Å². The monoisotopic (exact) mass is 366 g/mol. The minimum absolute atomic E-state index is 0.122. The van der Waals surface area contributed by atoms with Gasteiger partial charge in [0.2, 0.25) is 0 Å². The molecule has 4 atom stereocenters. The van der Waals surface area contributed by atoms with Gasteiger partial charge in [0.1, 0.15) is 0 Å². The molecule has 0 aromatic carbocycles. The van der Waals surface area contributed by atoms with Crippen molar-refractivity contribution in [3.05, 3.63) is 24.3 Å². The van der Waals surface area contributed by atoms with Gasteiger partial charge in [0, 0.05) is 6.42 Å². The number of allylic oxidation sites excluding steroid dienone is 3. The van der Waals surface area contributed by atoms with Crippen LogP contribution in [-0.2, 0) is 4.79 Å². The number of unbranched alkanes of at least 4 members (excludes halogenated alkanes) is 2. The summed E-state index contributed by atoms with van der Waals surface area (Å²) in [5, 5.41) is 29.4. The Labute approximate surface area is 159 Å². The van der Waals surface area contributed by atoms with Crippen molar-refractivity contribution in [1.82, 2.24) is 0 Å². The van der Waals surface area contributed by atoms with E-state index in [1.807, 2.05) is 12.2 Å². The summed E-state index contributed by atoms with van der Waals surface area (Å²) in [5.74, 6) is -0.270. The van der Waals surface area contributed by atoms with Crippen LogP contribution in [0.4, 0.5) is 0 Å². The van der Waals surface area contributed by atoms with Crippen molar-refractivity contribution in [1.29, 1.82) is 0 Å². The number of rotatable bonds is 12. The minimum atomic E-state index is -0.754. The van der Waals surface area contributed by atoms with Crippen LogP contribution in [0.2, 0.25) is 0 Å². The maximum Gasteiger partial charge on any atom is 0.303 e. The zero-order valence-electron chi connectivity index (χ0n) is 16.7. The first kappa shape index (κ1) is 22.9. The van der Waals surface area contributed by atoms with Gasteiger partial charge in [0.15, 0.2) is 0 Å². The molecule has 0 saturated heterocycles. The second-order valence-corrected chi connectivity index (χ2v) is 8.39. The van der Waals surface area contributed by atoms with Crippen LogP contribution in [0.1, 0.15) is 78.6 Å². The molecule has 1 aliphatic carbocycles. The Balaban J connectivity index is 2.51. The Hall–Kier alpha value is -1.13. The smallest absolute Gasteiger partial charge is 0.303 e. The molecule has 0 radical (unpaired) electrons. The van der Waals surface area contributed by atoms with Crippen LogP contribution >= 0.6 is 0 Å². The van der Waals surface area contributed by atoms with E-state index >= 15 is 0 Å². The lowest BCUT2D eigenvalue weighted by Gasteiger charge is -2.29. The zero-order valence-corrected chi connectivity index (χ0v) is 16.7. The second-order valence-electron chi connectivity index (χ2n) is 8.39. The zero-order chi connectivity index (χ0) is 19.6. The van der Waals surface area contributed by atoms with Crippen molar-refractivity contribution in [3.63, 3.8) is 0 Å². The largest absolute Gasteiger partial charge is 0.481 e. The highest BCUT2D eigenvalue weighted by molar-refractivity contribution is 5.66. The lowest BCUT2D eigenvalue weighted by atomic mass is 9.80. The maximum absolute atomic E-state index is 10.5. The topological polar surface area (TPSA) is 77.8 Å². The molecule has 4 heteroatoms. The van der Waals surface area contributed by atoms with Crippen molar-refractivity contribution in [2.45, 2.75) is 90.8 Å². The molecule has 1 rings (SSSR count). The summed E-state index contributed by atoms with van der Waals surface area (Å²) >= 11 is 0. The SMILES string of the molecule is CCCCC(C)(C)C(O)/C=C/C1CCC(O)C1C/C=C\CCCC(=O)O. The van der Waals surface area contributed by atoms with Crippen molar-refractivity contribution in [2.24, 2.45) is 17.3 Å². The molecule has 1 fully saturated rings. The molecule has 0 aromatic rings. The summed E-state index contributed by atoms with van der Waals surface area (Å²) in [4.78, 5) is 10.5. The van der Waals surface area contributed by atoms with Gasteiger partial charge in [-0.25, -0.2) is 0 Å². The average molecular weight is 367 g/mol. The minimum Gasteiger partial charge on any atom is -0.481 e. The van der Waals surface area contributed by atoms with Crippen molar-refractivity contribution < 1.29 is 20.1 Å². The van der Waals surface area contributed by atoms with Crippen LogP contribution in [0.5, 0.6) is 0 Å². The van der Waals surface area contributed by atoms with Gasteiger partial charge >= 0.3 is 5.97 Å². The third-order valence-corrected chi connectivity index (χ3v) is 5.69. The van der Waals surface area contributed by atoms with Crippen molar-refractivity contribution in [2.75, 3.05) is 0 Å². The van der Waals surface area contributed by atoms with Crippen LogP contribution in [0.3, 0.4) is 0 Å². The van der Waals surface area contributed by atoms with E-state index < -0.39 is 12.1 Å². The Kier molecular flexibility index (Phi) is 10.2. The Morgan fingerprint density at radius 1 is 1.23 bits per heavy atom.